The lowest BCUT2D eigenvalue weighted by molar-refractivity contribution is -0.165. The van der Waals surface area contributed by atoms with Crippen LogP contribution in [0.15, 0.2) is 0 Å². The van der Waals surface area contributed by atoms with Crippen molar-refractivity contribution in [3.8, 4) is 0 Å². The molecule has 124 valence electrons. The molecule has 0 spiro atoms. The molecule has 0 aliphatic rings. The van der Waals surface area contributed by atoms with Gasteiger partial charge < -0.3 is 14.2 Å². The molecule has 0 aromatic heterocycles. The average molecular weight is 302 g/mol. The first-order chi connectivity index (χ1) is 9.98. The smallest absolute Gasteiger partial charge is 0.465 e. The Morgan fingerprint density at radius 1 is 0.952 bits per heavy atom. The van der Waals surface area contributed by atoms with Gasteiger partial charge in [0.25, 0.3) is 0 Å². The second-order valence-corrected chi connectivity index (χ2v) is 5.17. The molecule has 0 aliphatic heterocycles. The fourth-order valence-electron chi connectivity index (χ4n) is 2.52. The van der Waals surface area contributed by atoms with E-state index in [9.17, 15) is 9.59 Å². The maximum absolute atomic E-state index is 12.5. The Morgan fingerprint density at radius 2 is 1.57 bits per heavy atom. The fraction of sp³-hybridized carbons (Fsp3) is 0.875. The van der Waals surface area contributed by atoms with Crippen molar-refractivity contribution >= 4 is 12.1 Å². The van der Waals surface area contributed by atoms with Crippen molar-refractivity contribution in [2.45, 2.75) is 72.8 Å². The molecule has 2 atom stereocenters. The lowest BCUT2D eigenvalue weighted by Gasteiger charge is -2.35. The maximum atomic E-state index is 12.5. The molecule has 0 saturated heterocycles. The van der Waals surface area contributed by atoms with Crippen LogP contribution in [0.25, 0.3) is 0 Å². The van der Waals surface area contributed by atoms with Gasteiger partial charge in [-0.1, -0.05) is 33.1 Å². The second-order valence-electron chi connectivity index (χ2n) is 5.17. The number of unbranched alkanes of at least 4 members (excludes halogenated alkanes) is 1. The highest BCUT2D eigenvalue weighted by molar-refractivity contribution is 5.78. The van der Waals surface area contributed by atoms with Crippen LogP contribution in [0.1, 0.15) is 66.7 Å². The molecule has 21 heavy (non-hydrogen) atoms. The van der Waals surface area contributed by atoms with Crippen molar-refractivity contribution in [1.82, 2.24) is 0 Å². The van der Waals surface area contributed by atoms with Crippen LogP contribution in [0.4, 0.5) is 4.79 Å². The third-order valence-corrected chi connectivity index (χ3v) is 3.67. The summed E-state index contributed by atoms with van der Waals surface area (Å²) in [5, 5.41) is 0. The molecule has 0 amide bonds. The predicted octanol–water partition coefficient (Wildman–Crippen LogP) is 4.09. The Bertz CT molecular complexity index is 316. The van der Waals surface area contributed by atoms with Crippen LogP contribution in [0, 0.1) is 5.41 Å². The highest BCUT2D eigenvalue weighted by atomic mass is 16.7. The molecule has 0 fully saturated rings. The van der Waals surface area contributed by atoms with Gasteiger partial charge in [0.1, 0.15) is 11.5 Å². The molecule has 2 unspecified atom stereocenters. The zero-order valence-electron chi connectivity index (χ0n) is 14.1. The first kappa shape index (κ1) is 19.7. The molecule has 5 heteroatoms. The summed E-state index contributed by atoms with van der Waals surface area (Å²) in [4.78, 5) is 24.0. The molecule has 5 nitrogen and oxygen atoms in total. The van der Waals surface area contributed by atoms with Crippen molar-refractivity contribution in [2.24, 2.45) is 5.41 Å². The Kier molecular flexibility index (Phi) is 9.84. The minimum atomic E-state index is -0.784. The van der Waals surface area contributed by atoms with E-state index in [2.05, 4.69) is 6.92 Å². The SMILES string of the molecule is CCCCC(CCC)(C(=O)OCC)C(C)OC(=O)OCC. The van der Waals surface area contributed by atoms with Crippen LogP contribution in [0.3, 0.4) is 0 Å². The zero-order chi connectivity index (χ0) is 16.3. The van der Waals surface area contributed by atoms with Crippen LogP contribution >= 0.6 is 0 Å². The van der Waals surface area contributed by atoms with Crippen molar-refractivity contribution in [3.05, 3.63) is 0 Å². The van der Waals surface area contributed by atoms with Gasteiger partial charge in [0.2, 0.25) is 0 Å². The quantitative estimate of drug-likeness (QED) is 0.569. The van der Waals surface area contributed by atoms with E-state index in [1.165, 1.54) is 0 Å². The average Bonchev–Trinajstić information content (AvgIpc) is 2.43. The summed E-state index contributed by atoms with van der Waals surface area (Å²) >= 11 is 0. The Labute approximate surface area is 128 Å². The molecule has 0 saturated carbocycles. The van der Waals surface area contributed by atoms with Crippen molar-refractivity contribution in [1.29, 1.82) is 0 Å². The van der Waals surface area contributed by atoms with Crippen LogP contribution in [-0.2, 0) is 19.0 Å². The van der Waals surface area contributed by atoms with Gasteiger partial charge in [0.05, 0.1) is 13.2 Å². The number of rotatable bonds is 10. The number of carbonyl (C=O) groups is 2. The van der Waals surface area contributed by atoms with Crippen molar-refractivity contribution in [2.75, 3.05) is 13.2 Å². The number of esters is 1. The highest BCUT2D eigenvalue weighted by Gasteiger charge is 2.46. The van der Waals surface area contributed by atoms with Gasteiger partial charge >= 0.3 is 12.1 Å². The largest absolute Gasteiger partial charge is 0.508 e. The number of carbonyl (C=O) groups excluding carboxylic acids is 2. The standard InChI is InChI=1S/C16H30O5/c1-6-10-12-16(11-7-2,14(17)19-8-3)13(5)21-15(18)20-9-4/h13H,6-12H2,1-5H3. The van der Waals surface area contributed by atoms with Crippen LogP contribution in [0.5, 0.6) is 0 Å². The first-order valence-corrected chi connectivity index (χ1v) is 7.99. The van der Waals surface area contributed by atoms with E-state index < -0.39 is 17.7 Å². The Hall–Kier alpha value is -1.26. The first-order valence-electron chi connectivity index (χ1n) is 7.99. The fourth-order valence-corrected chi connectivity index (χ4v) is 2.52. The summed E-state index contributed by atoms with van der Waals surface area (Å²) in [5.41, 5.74) is -0.784. The molecule has 0 aromatic carbocycles. The third kappa shape index (κ3) is 5.94. The number of hydrogen-bond donors (Lipinski definition) is 0. The van der Waals surface area contributed by atoms with Gasteiger partial charge in [-0.15, -0.1) is 0 Å². The van der Waals surface area contributed by atoms with E-state index >= 15 is 0 Å². The molecule has 0 aliphatic carbocycles. The van der Waals surface area contributed by atoms with Gasteiger partial charge in [0, 0.05) is 0 Å². The molecule has 0 radical (unpaired) electrons. The van der Waals surface area contributed by atoms with E-state index in [1.54, 1.807) is 20.8 Å². The van der Waals surface area contributed by atoms with Crippen LogP contribution < -0.4 is 0 Å². The van der Waals surface area contributed by atoms with Gasteiger partial charge in [0.15, 0.2) is 0 Å². The van der Waals surface area contributed by atoms with E-state index in [1.807, 2.05) is 6.92 Å². The van der Waals surface area contributed by atoms with E-state index in [0.717, 1.165) is 19.3 Å². The van der Waals surface area contributed by atoms with Gasteiger partial charge in [-0.3, -0.25) is 4.79 Å². The summed E-state index contributed by atoms with van der Waals surface area (Å²) in [6.45, 7) is 9.90. The number of ether oxygens (including phenoxy) is 3. The molecule has 0 heterocycles. The normalized spacial score (nSPS) is 14.9. The maximum Gasteiger partial charge on any atom is 0.508 e. The van der Waals surface area contributed by atoms with Crippen molar-refractivity contribution in [3.63, 3.8) is 0 Å². The highest BCUT2D eigenvalue weighted by Crippen LogP contribution is 2.37. The molecular weight excluding hydrogens is 272 g/mol. The van der Waals surface area contributed by atoms with E-state index in [-0.39, 0.29) is 12.6 Å². The zero-order valence-corrected chi connectivity index (χ0v) is 14.1. The summed E-state index contributed by atoms with van der Waals surface area (Å²) < 4.78 is 15.4. The summed E-state index contributed by atoms with van der Waals surface area (Å²) in [6.07, 6.45) is 2.66. The van der Waals surface area contributed by atoms with Gasteiger partial charge in [-0.25, -0.2) is 4.79 Å². The molecule has 0 bridgehead atoms. The second kappa shape index (κ2) is 10.5. The van der Waals surface area contributed by atoms with Gasteiger partial charge in [-0.05, 0) is 33.6 Å². The summed E-state index contributed by atoms with van der Waals surface area (Å²) in [6, 6.07) is 0. The van der Waals surface area contributed by atoms with Crippen LogP contribution in [0.2, 0.25) is 0 Å². The Morgan fingerprint density at radius 3 is 2.05 bits per heavy atom. The van der Waals surface area contributed by atoms with Crippen LogP contribution in [-0.4, -0.2) is 31.4 Å². The lowest BCUT2D eigenvalue weighted by atomic mass is 9.74. The molecule has 0 rings (SSSR count). The van der Waals surface area contributed by atoms with E-state index in [0.29, 0.717) is 19.4 Å². The topological polar surface area (TPSA) is 61.8 Å². The monoisotopic (exact) mass is 302 g/mol. The lowest BCUT2D eigenvalue weighted by Crippen LogP contribution is -2.44. The minimum Gasteiger partial charge on any atom is -0.465 e. The molecule has 0 N–H and O–H groups in total. The third-order valence-electron chi connectivity index (χ3n) is 3.67. The minimum absolute atomic E-state index is 0.251. The van der Waals surface area contributed by atoms with E-state index in [4.69, 9.17) is 14.2 Å². The number of hydrogen-bond acceptors (Lipinski definition) is 5. The summed E-state index contributed by atoms with van der Waals surface area (Å²) in [5.74, 6) is -0.280. The molecule has 0 aromatic rings. The Balaban J connectivity index is 5.20. The van der Waals surface area contributed by atoms with Crippen molar-refractivity contribution < 1.29 is 23.8 Å². The summed E-state index contributed by atoms with van der Waals surface area (Å²) in [7, 11) is 0. The molecular formula is C16H30O5. The van der Waals surface area contributed by atoms with Gasteiger partial charge in [-0.2, -0.15) is 0 Å². The predicted molar refractivity (Wildman–Crippen MR) is 81.1 cm³/mol.